The summed E-state index contributed by atoms with van der Waals surface area (Å²) in [5, 5.41) is 4.33. The lowest BCUT2D eigenvalue weighted by Gasteiger charge is -2.23. The minimum Gasteiger partial charge on any atom is -0.335 e. The summed E-state index contributed by atoms with van der Waals surface area (Å²) in [6.07, 6.45) is 3.85. The van der Waals surface area contributed by atoms with Crippen LogP contribution < -0.4 is 5.32 Å². The largest absolute Gasteiger partial charge is 0.335 e. The molecular weight excluding hydrogens is 247 g/mol. The molecule has 0 spiro atoms. The fourth-order valence-electron chi connectivity index (χ4n) is 2.71. The molecule has 2 unspecified atom stereocenters. The molecule has 2 nitrogen and oxygen atoms in total. The third kappa shape index (κ3) is 2.39. The van der Waals surface area contributed by atoms with Crippen LogP contribution in [0.3, 0.4) is 0 Å². The number of aryl methyl sites for hydroxylation is 1. The van der Waals surface area contributed by atoms with Crippen LogP contribution in [0.4, 0.5) is 10.1 Å². The van der Waals surface area contributed by atoms with E-state index in [0.29, 0.717) is 6.04 Å². The first-order chi connectivity index (χ1) is 8.72. The summed E-state index contributed by atoms with van der Waals surface area (Å²) in [7, 11) is 0. The molecule has 0 aromatic heterocycles. The van der Waals surface area contributed by atoms with E-state index in [0.717, 1.165) is 28.1 Å². The Morgan fingerprint density at radius 3 is 3.11 bits per heavy atom. The fourth-order valence-corrected chi connectivity index (χ4v) is 3.86. The van der Waals surface area contributed by atoms with Crippen molar-refractivity contribution in [3.05, 3.63) is 29.6 Å². The highest BCUT2D eigenvalue weighted by atomic mass is 32.2. The van der Waals surface area contributed by atoms with Gasteiger partial charge >= 0.3 is 0 Å². The molecule has 0 saturated heterocycles. The third-order valence-electron chi connectivity index (χ3n) is 3.77. The molecule has 1 saturated carbocycles. The molecule has 1 heterocycles. The molecular formula is C14H17FN2S. The summed E-state index contributed by atoms with van der Waals surface area (Å²) in [6, 6.07) is 5.33. The zero-order chi connectivity index (χ0) is 12.5. The van der Waals surface area contributed by atoms with E-state index in [1.807, 2.05) is 6.92 Å². The molecule has 3 rings (SSSR count). The normalized spacial score (nSPS) is 26.7. The van der Waals surface area contributed by atoms with Crippen molar-refractivity contribution in [1.82, 2.24) is 0 Å². The summed E-state index contributed by atoms with van der Waals surface area (Å²) in [5.41, 5.74) is 1.88. The summed E-state index contributed by atoms with van der Waals surface area (Å²) >= 11 is 1.79. The second kappa shape index (κ2) is 4.92. The predicted molar refractivity (Wildman–Crippen MR) is 75.8 cm³/mol. The number of nitrogens with zero attached hydrogens (tertiary/aromatic N) is 1. The quantitative estimate of drug-likeness (QED) is 0.834. The van der Waals surface area contributed by atoms with Crippen LogP contribution in [0.1, 0.15) is 24.8 Å². The maximum Gasteiger partial charge on any atom is 0.161 e. The van der Waals surface area contributed by atoms with Crippen LogP contribution in [0.25, 0.3) is 0 Å². The maximum absolute atomic E-state index is 13.0. The van der Waals surface area contributed by atoms with Crippen LogP contribution in [-0.2, 0) is 0 Å². The number of aliphatic imine (C=N–C) groups is 1. The highest BCUT2D eigenvalue weighted by molar-refractivity contribution is 8.14. The average Bonchev–Trinajstić information content (AvgIpc) is 2.80. The van der Waals surface area contributed by atoms with E-state index in [9.17, 15) is 4.39 Å². The molecule has 1 aromatic carbocycles. The van der Waals surface area contributed by atoms with Crippen molar-refractivity contribution < 1.29 is 4.39 Å². The minimum absolute atomic E-state index is 0.188. The van der Waals surface area contributed by atoms with Gasteiger partial charge in [-0.2, -0.15) is 0 Å². The van der Waals surface area contributed by atoms with E-state index in [1.165, 1.54) is 25.3 Å². The standard InChI is InChI=1S/C14H17FN2S/c1-9-7-11(15)5-6-12(9)16-14-17-13-4-2-3-10(13)8-18-14/h5-7,10,13H,2-4,8H2,1H3,(H,16,17). The maximum atomic E-state index is 13.0. The van der Waals surface area contributed by atoms with Crippen LogP contribution in [-0.4, -0.2) is 17.0 Å². The third-order valence-corrected chi connectivity index (χ3v) is 4.84. The summed E-state index contributed by atoms with van der Waals surface area (Å²) < 4.78 is 13.0. The number of fused-ring (bicyclic) bond motifs is 1. The lowest BCUT2D eigenvalue weighted by molar-refractivity contribution is 0.535. The van der Waals surface area contributed by atoms with Crippen LogP contribution in [0.5, 0.6) is 0 Å². The van der Waals surface area contributed by atoms with Gasteiger partial charge in [0.1, 0.15) is 5.82 Å². The van der Waals surface area contributed by atoms with Gasteiger partial charge in [-0.15, -0.1) is 0 Å². The second-order valence-corrected chi connectivity index (χ2v) is 6.10. The van der Waals surface area contributed by atoms with Crippen LogP contribution in [0.2, 0.25) is 0 Å². The van der Waals surface area contributed by atoms with E-state index in [-0.39, 0.29) is 5.82 Å². The number of thioether (sulfide) groups is 1. The van der Waals surface area contributed by atoms with Gasteiger partial charge in [0.05, 0.1) is 6.04 Å². The number of hydrogen-bond acceptors (Lipinski definition) is 3. The number of halogens is 1. The second-order valence-electron chi connectivity index (χ2n) is 5.09. The van der Waals surface area contributed by atoms with Crippen LogP contribution in [0, 0.1) is 18.7 Å². The molecule has 1 N–H and O–H groups in total. The van der Waals surface area contributed by atoms with Crippen molar-refractivity contribution in [1.29, 1.82) is 0 Å². The molecule has 1 aromatic rings. The minimum atomic E-state index is -0.188. The fraction of sp³-hybridized carbons (Fsp3) is 0.500. The van der Waals surface area contributed by atoms with Crippen molar-refractivity contribution >= 4 is 22.6 Å². The van der Waals surface area contributed by atoms with Gasteiger partial charge in [-0.05, 0) is 49.4 Å². The van der Waals surface area contributed by atoms with Gasteiger partial charge in [0, 0.05) is 11.4 Å². The highest BCUT2D eigenvalue weighted by Gasteiger charge is 2.30. The molecule has 1 aliphatic heterocycles. The topological polar surface area (TPSA) is 24.4 Å². The zero-order valence-corrected chi connectivity index (χ0v) is 11.3. The molecule has 0 radical (unpaired) electrons. The number of anilines is 1. The van der Waals surface area contributed by atoms with Crippen molar-refractivity contribution in [3.63, 3.8) is 0 Å². The molecule has 2 aliphatic rings. The molecule has 18 heavy (non-hydrogen) atoms. The Bertz CT molecular complexity index is 487. The van der Waals surface area contributed by atoms with Crippen molar-refractivity contribution in [2.45, 2.75) is 32.2 Å². The van der Waals surface area contributed by atoms with E-state index < -0.39 is 0 Å². The number of benzene rings is 1. The molecule has 0 bridgehead atoms. The lowest BCUT2D eigenvalue weighted by Crippen LogP contribution is -2.25. The first kappa shape index (κ1) is 12.0. The van der Waals surface area contributed by atoms with Gasteiger partial charge in [0.2, 0.25) is 0 Å². The van der Waals surface area contributed by atoms with Crippen molar-refractivity contribution in [2.24, 2.45) is 10.9 Å². The molecule has 0 amide bonds. The van der Waals surface area contributed by atoms with Gasteiger partial charge < -0.3 is 5.32 Å². The Hall–Kier alpha value is -1.03. The van der Waals surface area contributed by atoms with E-state index >= 15 is 0 Å². The predicted octanol–water partition coefficient (Wildman–Crippen LogP) is 3.82. The highest BCUT2D eigenvalue weighted by Crippen LogP contribution is 2.35. The molecule has 96 valence electrons. The Morgan fingerprint density at radius 2 is 2.28 bits per heavy atom. The molecule has 2 atom stereocenters. The van der Waals surface area contributed by atoms with Gasteiger partial charge in [0.15, 0.2) is 5.17 Å². The molecule has 4 heteroatoms. The lowest BCUT2D eigenvalue weighted by atomic mass is 10.1. The first-order valence-electron chi connectivity index (χ1n) is 6.46. The number of amidine groups is 1. The SMILES string of the molecule is Cc1cc(F)ccc1NC1=NC2CCCC2CS1. The summed E-state index contributed by atoms with van der Waals surface area (Å²) in [4.78, 5) is 4.78. The van der Waals surface area contributed by atoms with Crippen molar-refractivity contribution in [3.8, 4) is 0 Å². The number of nitrogens with one attached hydrogen (secondary N) is 1. The number of rotatable bonds is 1. The Kier molecular flexibility index (Phi) is 3.29. The molecule has 1 fully saturated rings. The average molecular weight is 264 g/mol. The Balaban J connectivity index is 1.76. The van der Waals surface area contributed by atoms with Crippen molar-refractivity contribution in [2.75, 3.05) is 11.1 Å². The first-order valence-corrected chi connectivity index (χ1v) is 7.45. The zero-order valence-electron chi connectivity index (χ0n) is 10.4. The summed E-state index contributed by atoms with van der Waals surface area (Å²) in [6.45, 7) is 1.91. The molecule has 1 aliphatic carbocycles. The van der Waals surface area contributed by atoms with Gasteiger partial charge in [-0.25, -0.2) is 4.39 Å². The summed E-state index contributed by atoms with van der Waals surface area (Å²) in [5.74, 6) is 1.75. The van der Waals surface area contributed by atoms with Crippen LogP contribution in [0.15, 0.2) is 23.2 Å². The van der Waals surface area contributed by atoms with E-state index in [1.54, 1.807) is 23.9 Å². The smallest absolute Gasteiger partial charge is 0.161 e. The Morgan fingerprint density at radius 1 is 1.39 bits per heavy atom. The number of hydrogen-bond donors (Lipinski definition) is 1. The van der Waals surface area contributed by atoms with E-state index in [2.05, 4.69) is 5.32 Å². The van der Waals surface area contributed by atoms with Gasteiger partial charge in [-0.3, -0.25) is 4.99 Å². The van der Waals surface area contributed by atoms with E-state index in [4.69, 9.17) is 4.99 Å². The van der Waals surface area contributed by atoms with Gasteiger partial charge in [0.25, 0.3) is 0 Å². The van der Waals surface area contributed by atoms with Gasteiger partial charge in [-0.1, -0.05) is 18.2 Å². The Labute approximate surface area is 111 Å². The monoisotopic (exact) mass is 264 g/mol. The van der Waals surface area contributed by atoms with Crippen LogP contribution >= 0.6 is 11.8 Å².